The maximum Gasteiger partial charge on any atom is 0.308 e. The minimum atomic E-state index is -1.25. The summed E-state index contributed by atoms with van der Waals surface area (Å²) in [5.74, 6) is -2.46. The minimum Gasteiger partial charge on any atom is -0.391 e. The fourth-order valence-corrected chi connectivity index (χ4v) is 2.95. The lowest BCUT2D eigenvalue weighted by Gasteiger charge is -2.29. The summed E-state index contributed by atoms with van der Waals surface area (Å²) in [5, 5.41) is 22.9. The highest BCUT2D eigenvalue weighted by Gasteiger charge is 2.36. The molecule has 0 bridgehead atoms. The third-order valence-electron chi connectivity index (χ3n) is 4.05. The van der Waals surface area contributed by atoms with Gasteiger partial charge in [0.25, 0.3) is 0 Å². The highest BCUT2D eigenvalue weighted by Crippen LogP contribution is 2.36. The quantitative estimate of drug-likeness (QED) is 0.644. The van der Waals surface area contributed by atoms with Gasteiger partial charge in [-0.05, 0) is 13.3 Å². The zero-order valence-electron chi connectivity index (χ0n) is 12.7. The zero-order chi connectivity index (χ0) is 17.3. The summed E-state index contributed by atoms with van der Waals surface area (Å²) in [5.41, 5.74) is -1.66. The first kappa shape index (κ1) is 17.1. The summed E-state index contributed by atoms with van der Waals surface area (Å²) in [6.45, 7) is 2.55. The normalized spacial score (nSPS) is 20.7. The van der Waals surface area contributed by atoms with Gasteiger partial charge >= 0.3 is 5.69 Å². The second-order valence-electron chi connectivity index (χ2n) is 5.46. The van der Waals surface area contributed by atoms with E-state index in [1.165, 1.54) is 11.8 Å². The number of hydrogen-bond donors (Lipinski definition) is 2. The number of aliphatic hydroxyl groups excluding tert-OH is 1. The molecule has 0 radical (unpaired) electrons. The molecule has 0 aliphatic carbocycles. The molecule has 2 rings (SSSR count). The molecular weight excluding hydrogens is 312 g/mol. The molecule has 1 aliphatic rings. The van der Waals surface area contributed by atoms with Crippen LogP contribution in [0.3, 0.4) is 0 Å². The molecule has 1 aromatic rings. The monoisotopic (exact) mass is 329 g/mol. The van der Waals surface area contributed by atoms with Crippen molar-refractivity contribution in [2.75, 3.05) is 11.4 Å². The van der Waals surface area contributed by atoms with Crippen molar-refractivity contribution in [2.24, 2.45) is 0 Å². The smallest absolute Gasteiger partial charge is 0.308 e. The van der Waals surface area contributed by atoms with E-state index in [1.807, 2.05) is 0 Å². The van der Waals surface area contributed by atoms with Crippen LogP contribution in [-0.2, 0) is 11.4 Å². The molecule has 2 atom stereocenters. The first-order chi connectivity index (χ1) is 10.8. The van der Waals surface area contributed by atoms with Gasteiger partial charge in [-0.1, -0.05) is 0 Å². The van der Waals surface area contributed by atoms with E-state index >= 15 is 0 Å². The van der Waals surface area contributed by atoms with Crippen molar-refractivity contribution in [1.82, 2.24) is 5.32 Å². The van der Waals surface area contributed by atoms with E-state index in [9.17, 15) is 28.8 Å². The molecule has 2 unspecified atom stereocenters. The fraction of sp³-hybridized carbons (Fsp3) is 0.500. The molecule has 1 heterocycles. The van der Waals surface area contributed by atoms with Crippen LogP contribution >= 0.6 is 0 Å². The molecule has 9 heteroatoms. The van der Waals surface area contributed by atoms with Gasteiger partial charge < -0.3 is 15.3 Å². The van der Waals surface area contributed by atoms with Crippen LogP contribution in [0.5, 0.6) is 0 Å². The molecule has 1 aliphatic heterocycles. The predicted octanol–water partition coefficient (Wildman–Crippen LogP) is 1.47. The molecule has 2 N–H and O–H groups in total. The van der Waals surface area contributed by atoms with Crippen LogP contribution in [-0.4, -0.2) is 34.6 Å². The Labute approximate surface area is 131 Å². The lowest BCUT2D eigenvalue weighted by atomic mass is 10.1. The minimum absolute atomic E-state index is 0.198. The van der Waals surface area contributed by atoms with Crippen molar-refractivity contribution in [3.63, 3.8) is 0 Å². The largest absolute Gasteiger partial charge is 0.391 e. The van der Waals surface area contributed by atoms with E-state index in [2.05, 4.69) is 5.32 Å². The number of hydrogen-bond acceptors (Lipinski definition) is 5. The van der Waals surface area contributed by atoms with Gasteiger partial charge in [0.2, 0.25) is 11.7 Å². The summed E-state index contributed by atoms with van der Waals surface area (Å²) in [4.78, 5) is 22.4. The van der Waals surface area contributed by atoms with Crippen molar-refractivity contribution in [1.29, 1.82) is 0 Å². The number of benzene rings is 1. The first-order valence-corrected chi connectivity index (χ1v) is 7.07. The van der Waals surface area contributed by atoms with Crippen LogP contribution in [0.1, 0.15) is 25.8 Å². The molecule has 126 valence electrons. The van der Waals surface area contributed by atoms with Crippen LogP contribution in [0, 0.1) is 21.7 Å². The number of nitro groups is 1. The van der Waals surface area contributed by atoms with E-state index in [0.717, 1.165) is 0 Å². The standard InChI is InChI=1S/C14H17F2N3O4/c1-7-11(17-8(2)21)3-4-18(7)14-9(6-20)13(16)12(19(22)23)5-10(14)15/h5,7,11,20H,3-4,6H2,1-2H3,(H,17,21). The Bertz CT molecular complexity index is 653. The average Bonchev–Trinajstić information content (AvgIpc) is 2.80. The molecule has 0 spiro atoms. The van der Waals surface area contributed by atoms with Gasteiger partial charge in [0.1, 0.15) is 0 Å². The first-order valence-electron chi connectivity index (χ1n) is 7.07. The Morgan fingerprint density at radius 1 is 1.57 bits per heavy atom. The summed E-state index contributed by atoms with van der Waals surface area (Å²) in [7, 11) is 0. The third kappa shape index (κ3) is 3.09. The molecule has 1 amide bonds. The van der Waals surface area contributed by atoms with Gasteiger partial charge in [-0.15, -0.1) is 0 Å². The van der Waals surface area contributed by atoms with Gasteiger partial charge in [0.05, 0.1) is 29.3 Å². The van der Waals surface area contributed by atoms with Crippen molar-refractivity contribution >= 4 is 17.3 Å². The molecule has 0 aromatic heterocycles. The topological polar surface area (TPSA) is 95.7 Å². The Morgan fingerprint density at radius 3 is 2.74 bits per heavy atom. The molecule has 1 fully saturated rings. The predicted molar refractivity (Wildman–Crippen MR) is 78.0 cm³/mol. The number of rotatable bonds is 4. The van der Waals surface area contributed by atoms with Gasteiger partial charge in [-0.2, -0.15) is 4.39 Å². The van der Waals surface area contributed by atoms with E-state index in [-0.39, 0.29) is 23.7 Å². The van der Waals surface area contributed by atoms with Gasteiger partial charge in [0, 0.05) is 25.1 Å². The Balaban J connectivity index is 2.46. The van der Waals surface area contributed by atoms with Crippen LogP contribution < -0.4 is 10.2 Å². The number of nitrogens with one attached hydrogen (secondary N) is 1. The van der Waals surface area contributed by atoms with Crippen LogP contribution in [0.25, 0.3) is 0 Å². The van der Waals surface area contributed by atoms with Gasteiger partial charge in [-0.3, -0.25) is 14.9 Å². The SMILES string of the molecule is CC(=O)NC1CCN(c2c(F)cc([N+](=O)[O-])c(F)c2CO)C1C. The summed E-state index contributed by atoms with van der Waals surface area (Å²) in [6, 6.07) is -0.0845. The Hall–Kier alpha value is -2.29. The molecular formula is C14H17F2N3O4. The van der Waals surface area contributed by atoms with Crippen LogP contribution in [0.15, 0.2) is 6.07 Å². The highest BCUT2D eigenvalue weighted by molar-refractivity contribution is 5.73. The molecule has 23 heavy (non-hydrogen) atoms. The molecule has 7 nitrogen and oxygen atoms in total. The summed E-state index contributed by atoms with van der Waals surface area (Å²) < 4.78 is 28.5. The second-order valence-corrected chi connectivity index (χ2v) is 5.46. The number of nitrogens with zero attached hydrogens (tertiary/aromatic N) is 2. The van der Waals surface area contributed by atoms with E-state index in [4.69, 9.17) is 0 Å². The maximum absolute atomic E-state index is 14.3. The number of aliphatic hydroxyl groups is 1. The van der Waals surface area contributed by atoms with E-state index in [0.29, 0.717) is 19.0 Å². The molecule has 1 aromatic carbocycles. The van der Waals surface area contributed by atoms with Gasteiger partial charge in [-0.25, -0.2) is 4.39 Å². The average molecular weight is 329 g/mol. The Kier molecular flexibility index (Phi) is 4.79. The number of amides is 1. The summed E-state index contributed by atoms with van der Waals surface area (Å²) >= 11 is 0. The van der Waals surface area contributed by atoms with Crippen molar-refractivity contribution in [3.05, 3.63) is 33.4 Å². The maximum atomic E-state index is 14.3. The van der Waals surface area contributed by atoms with Crippen LogP contribution in [0.2, 0.25) is 0 Å². The highest BCUT2D eigenvalue weighted by atomic mass is 19.1. The number of halogens is 2. The van der Waals surface area contributed by atoms with Crippen LogP contribution in [0.4, 0.5) is 20.2 Å². The zero-order valence-corrected chi connectivity index (χ0v) is 12.7. The number of carbonyl (C=O) groups is 1. The van der Waals surface area contributed by atoms with Gasteiger partial charge in [0.15, 0.2) is 5.82 Å². The second kappa shape index (κ2) is 6.45. The van der Waals surface area contributed by atoms with Crippen molar-refractivity contribution < 1.29 is 23.6 Å². The Morgan fingerprint density at radius 2 is 2.22 bits per heavy atom. The third-order valence-corrected chi connectivity index (χ3v) is 4.05. The number of nitro benzene ring substituents is 1. The van der Waals surface area contributed by atoms with E-state index in [1.54, 1.807) is 6.92 Å². The lowest BCUT2D eigenvalue weighted by molar-refractivity contribution is -0.387. The lowest BCUT2D eigenvalue weighted by Crippen LogP contribution is -2.43. The number of anilines is 1. The summed E-state index contributed by atoms with van der Waals surface area (Å²) in [6.07, 6.45) is 0.518. The van der Waals surface area contributed by atoms with Crippen molar-refractivity contribution in [2.45, 2.75) is 39.0 Å². The van der Waals surface area contributed by atoms with E-state index < -0.39 is 34.4 Å². The number of carbonyl (C=O) groups excluding carboxylic acids is 1. The fourth-order valence-electron chi connectivity index (χ4n) is 2.95. The van der Waals surface area contributed by atoms with Crippen molar-refractivity contribution in [3.8, 4) is 0 Å². The molecule has 0 saturated carbocycles. The molecule has 1 saturated heterocycles.